The lowest BCUT2D eigenvalue weighted by Gasteiger charge is -2.28. The highest BCUT2D eigenvalue weighted by molar-refractivity contribution is 7.10. The molecule has 1 fully saturated rings. The van der Waals surface area contributed by atoms with Crippen LogP contribution in [0.25, 0.3) is 11.3 Å². The maximum atomic E-state index is 12.8. The Morgan fingerprint density at radius 1 is 1.32 bits per heavy atom. The summed E-state index contributed by atoms with van der Waals surface area (Å²) in [4.78, 5) is 35.4. The lowest BCUT2D eigenvalue weighted by Crippen LogP contribution is -2.48. The maximum absolute atomic E-state index is 12.8. The van der Waals surface area contributed by atoms with Gasteiger partial charge < -0.3 is 10.1 Å². The van der Waals surface area contributed by atoms with Crippen molar-refractivity contribution in [3.8, 4) is 11.3 Å². The smallest absolute Gasteiger partial charge is 0.410 e. The number of nitrogens with one attached hydrogen (secondary N) is 1. The van der Waals surface area contributed by atoms with Crippen LogP contribution in [0.15, 0.2) is 29.9 Å². The Balaban J connectivity index is 1.64. The molecule has 8 heteroatoms. The summed E-state index contributed by atoms with van der Waals surface area (Å²) >= 11 is 1.50. The van der Waals surface area contributed by atoms with Crippen LogP contribution >= 0.6 is 11.3 Å². The third-order valence-electron chi connectivity index (χ3n) is 4.41. The van der Waals surface area contributed by atoms with Crippen LogP contribution in [0.4, 0.5) is 4.79 Å². The average Bonchev–Trinajstić information content (AvgIpc) is 3.31. The summed E-state index contributed by atoms with van der Waals surface area (Å²) in [5, 5.41) is 5.79. The third-order valence-corrected chi connectivity index (χ3v) is 5.44. The second kappa shape index (κ2) is 8.26. The molecule has 3 rings (SSSR count). The summed E-state index contributed by atoms with van der Waals surface area (Å²) in [6.07, 6.45) is 4.44. The monoisotopic (exact) mass is 402 g/mol. The van der Waals surface area contributed by atoms with E-state index < -0.39 is 17.7 Å². The number of likely N-dealkylation sites (tertiary alicyclic amines) is 1. The average molecular weight is 403 g/mol. The standard InChI is InChI=1S/C20H26N4O3S/c1-13(18-23-15(12-28-18)14-7-9-21-10-8-14)22-17(25)16-6-5-11-24(16)19(26)27-20(2,3)4/h7-10,12-13,16H,5-6,11H2,1-4H3,(H,22,25)/t13?,16-/m0/s1. The maximum Gasteiger partial charge on any atom is 0.410 e. The molecule has 2 aromatic rings. The van der Waals surface area contributed by atoms with Gasteiger partial charge in [-0.1, -0.05) is 0 Å². The van der Waals surface area contributed by atoms with Gasteiger partial charge in [0.15, 0.2) is 0 Å². The first-order chi connectivity index (χ1) is 13.2. The largest absolute Gasteiger partial charge is 0.444 e. The SMILES string of the molecule is CC(NC(=O)[C@@H]1CCCN1C(=O)OC(C)(C)C)c1nc(-c2ccncc2)cs1. The number of carbonyl (C=O) groups is 2. The topological polar surface area (TPSA) is 84.4 Å². The minimum absolute atomic E-state index is 0.170. The molecular formula is C20H26N4O3S. The van der Waals surface area contributed by atoms with E-state index in [1.54, 1.807) is 12.4 Å². The molecule has 1 aliphatic heterocycles. The number of hydrogen-bond acceptors (Lipinski definition) is 6. The minimum Gasteiger partial charge on any atom is -0.444 e. The van der Waals surface area contributed by atoms with E-state index >= 15 is 0 Å². The summed E-state index contributed by atoms with van der Waals surface area (Å²) in [7, 11) is 0. The molecule has 1 aliphatic rings. The molecule has 28 heavy (non-hydrogen) atoms. The molecule has 2 atom stereocenters. The van der Waals surface area contributed by atoms with Crippen molar-refractivity contribution in [2.45, 2.75) is 58.2 Å². The van der Waals surface area contributed by atoms with Crippen LogP contribution in [-0.2, 0) is 9.53 Å². The van der Waals surface area contributed by atoms with Crippen LogP contribution in [0.5, 0.6) is 0 Å². The fourth-order valence-corrected chi connectivity index (χ4v) is 3.93. The van der Waals surface area contributed by atoms with E-state index in [9.17, 15) is 9.59 Å². The molecule has 0 bridgehead atoms. The van der Waals surface area contributed by atoms with E-state index in [1.165, 1.54) is 16.2 Å². The highest BCUT2D eigenvalue weighted by Gasteiger charge is 2.37. The Morgan fingerprint density at radius 2 is 2.04 bits per heavy atom. The zero-order valence-corrected chi connectivity index (χ0v) is 17.5. The molecule has 0 spiro atoms. The Kier molecular flexibility index (Phi) is 5.98. The number of rotatable bonds is 4. The summed E-state index contributed by atoms with van der Waals surface area (Å²) in [5.74, 6) is -0.170. The molecule has 3 heterocycles. The molecular weight excluding hydrogens is 376 g/mol. The van der Waals surface area contributed by atoms with E-state index in [0.717, 1.165) is 22.7 Å². The molecule has 0 aromatic carbocycles. The van der Waals surface area contributed by atoms with Crippen molar-refractivity contribution in [1.29, 1.82) is 0 Å². The molecule has 0 saturated carbocycles. The molecule has 2 amide bonds. The number of hydrogen-bond donors (Lipinski definition) is 1. The van der Waals surface area contributed by atoms with Crippen LogP contribution < -0.4 is 5.32 Å². The third kappa shape index (κ3) is 4.86. The number of pyridine rings is 1. The Hall–Kier alpha value is -2.48. The summed E-state index contributed by atoms with van der Waals surface area (Å²) < 4.78 is 5.44. The Morgan fingerprint density at radius 3 is 2.71 bits per heavy atom. The van der Waals surface area contributed by atoms with E-state index in [2.05, 4.69) is 15.3 Å². The van der Waals surface area contributed by atoms with Gasteiger partial charge in [0.1, 0.15) is 16.7 Å². The molecule has 0 aliphatic carbocycles. The summed E-state index contributed by atoms with van der Waals surface area (Å²) in [6.45, 7) is 7.90. The van der Waals surface area contributed by atoms with Gasteiger partial charge in [0.05, 0.1) is 11.7 Å². The second-order valence-electron chi connectivity index (χ2n) is 7.87. The number of ether oxygens (including phenoxy) is 1. The quantitative estimate of drug-likeness (QED) is 0.841. The van der Waals surface area contributed by atoms with Crippen molar-refractivity contribution in [2.24, 2.45) is 0 Å². The van der Waals surface area contributed by atoms with Gasteiger partial charge in [0, 0.05) is 29.9 Å². The van der Waals surface area contributed by atoms with E-state index in [4.69, 9.17) is 4.74 Å². The van der Waals surface area contributed by atoms with E-state index in [0.29, 0.717) is 13.0 Å². The van der Waals surface area contributed by atoms with Gasteiger partial charge in [0.2, 0.25) is 5.91 Å². The van der Waals surface area contributed by atoms with Crippen molar-refractivity contribution < 1.29 is 14.3 Å². The highest BCUT2D eigenvalue weighted by Crippen LogP contribution is 2.26. The molecule has 7 nitrogen and oxygen atoms in total. The van der Waals surface area contributed by atoms with Crippen LogP contribution in [0.3, 0.4) is 0 Å². The van der Waals surface area contributed by atoms with Crippen molar-refractivity contribution in [3.05, 3.63) is 34.9 Å². The predicted octanol–water partition coefficient (Wildman–Crippen LogP) is 3.78. The van der Waals surface area contributed by atoms with Gasteiger partial charge in [-0.15, -0.1) is 11.3 Å². The zero-order chi connectivity index (χ0) is 20.3. The minimum atomic E-state index is -0.585. The van der Waals surface area contributed by atoms with Crippen LogP contribution in [-0.4, -0.2) is 45.1 Å². The fourth-order valence-electron chi connectivity index (χ4n) is 3.09. The van der Waals surface area contributed by atoms with Crippen LogP contribution in [0.1, 0.15) is 51.6 Å². The number of amides is 2. The molecule has 1 saturated heterocycles. The fraction of sp³-hybridized carbons (Fsp3) is 0.500. The number of carbonyl (C=O) groups excluding carboxylic acids is 2. The predicted molar refractivity (Wildman–Crippen MR) is 108 cm³/mol. The van der Waals surface area contributed by atoms with Gasteiger partial charge in [-0.2, -0.15) is 0 Å². The molecule has 1 unspecified atom stereocenters. The van der Waals surface area contributed by atoms with E-state index in [1.807, 2.05) is 45.2 Å². The molecule has 1 N–H and O–H groups in total. The van der Waals surface area contributed by atoms with Gasteiger partial charge in [0.25, 0.3) is 0 Å². The first-order valence-corrected chi connectivity index (χ1v) is 10.3. The van der Waals surface area contributed by atoms with Crippen molar-refractivity contribution in [3.63, 3.8) is 0 Å². The zero-order valence-electron chi connectivity index (χ0n) is 16.6. The lowest BCUT2D eigenvalue weighted by atomic mass is 10.2. The summed E-state index contributed by atoms with van der Waals surface area (Å²) in [5.41, 5.74) is 1.26. The van der Waals surface area contributed by atoms with Gasteiger partial charge in [-0.3, -0.25) is 14.7 Å². The Labute approximate surface area is 169 Å². The molecule has 150 valence electrons. The first-order valence-electron chi connectivity index (χ1n) is 9.40. The highest BCUT2D eigenvalue weighted by atomic mass is 32.1. The van der Waals surface area contributed by atoms with Crippen molar-refractivity contribution >= 4 is 23.3 Å². The number of nitrogens with zero attached hydrogens (tertiary/aromatic N) is 3. The normalized spacial score (nSPS) is 18.0. The molecule has 0 radical (unpaired) electrons. The first kappa shape index (κ1) is 20.3. The lowest BCUT2D eigenvalue weighted by molar-refractivity contribution is -0.126. The van der Waals surface area contributed by atoms with Crippen molar-refractivity contribution in [1.82, 2.24) is 20.2 Å². The molecule has 2 aromatic heterocycles. The van der Waals surface area contributed by atoms with Crippen molar-refractivity contribution in [2.75, 3.05) is 6.54 Å². The van der Waals surface area contributed by atoms with Gasteiger partial charge in [-0.25, -0.2) is 9.78 Å². The Bertz CT molecular complexity index is 831. The number of thiazole rings is 1. The van der Waals surface area contributed by atoms with Crippen LogP contribution in [0.2, 0.25) is 0 Å². The van der Waals surface area contributed by atoms with E-state index in [-0.39, 0.29) is 11.9 Å². The van der Waals surface area contributed by atoms with Gasteiger partial charge in [-0.05, 0) is 52.7 Å². The second-order valence-corrected chi connectivity index (χ2v) is 8.76. The van der Waals surface area contributed by atoms with Gasteiger partial charge >= 0.3 is 6.09 Å². The van der Waals surface area contributed by atoms with Crippen LogP contribution in [0, 0.1) is 0 Å². The number of aromatic nitrogens is 2. The summed E-state index contributed by atoms with van der Waals surface area (Å²) in [6, 6.07) is 3.06.